The number of nitrogens with two attached hydrogens (primary N) is 1. The summed E-state index contributed by atoms with van der Waals surface area (Å²) in [5.74, 6) is 0.131. The van der Waals surface area contributed by atoms with Gasteiger partial charge in [-0.15, -0.1) is 0 Å². The van der Waals surface area contributed by atoms with Crippen molar-refractivity contribution in [3.05, 3.63) is 29.6 Å². The van der Waals surface area contributed by atoms with E-state index >= 15 is 0 Å². The Hall–Kier alpha value is -1.17. The minimum atomic E-state index is -0.712. The van der Waals surface area contributed by atoms with Crippen molar-refractivity contribution in [2.24, 2.45) is 5.73 Å². The van der Waals surface area contributed by atoms with Crippen LogP contribution in [0.5, 0.6) is 5.75 Å². The molecule has 0 aromatic heterocycles. The molecule has 0 aliphatic rings. The first-order chi connectivity index (χ1) is 8.54. The van der Waals surface area contributed by atoms with Crippen LogP contribution in [0.3, 0.4) is 0 Å². The van der Waals surface area contributed by atoms with Crippen molar-refractivity contribution in [2.45, 2.75) is 26.0 Å². The first kappa shape index (κ1) is 14.9. The van der Waals surface area contributed by atoms with E-state index in [9.17, 15) is 9.50 Å². The molecule has 0 saturated carbocycles. The fraction of sp³-hybridized carbons (Fsp3) is 0.538. The summed E-state index contributed by atoms with van der Waals surface area (Å²) in [7, 11) is 0. The van der Waals surface area contributed by atoms with Gasteiger partial charge in [0.05, 0.1) is 6.61 Å². The van der Waals surface area contributed by atoms with Crippen LogP contribution in [0.4, 0.5) is 4.39 Å². The highest BCUT2D eigenvalue weighted by molar-refractivity contribution is 5.36. The fourth-order valence-corrected chi connectivity index (χ4v) is 1.49. The number of aliphatic hydroxyl groups is 1. The Bertz CT molecular complexity index is 371. The third-order valence-corrected chi connectivity index (χ3v) is 2.41. The van der Waals surface area contributed by atoms with Crippen molar-refractivity contribution in [3.8, 4) is 5.75 Å². The van der Waals surface area contributed by atoms with Crippen molar-refractivity contribution < 1.29 is 19.0 Å². The SMILES string of the molecule is CCOCC(O)COc1ccc(F)cc1[C@H](C)N. The Kier molecular flexibility index (Phi) is 6.04. The van der Waals surface area contributed by atoms with E-state index in [-0.39, 0.29) is 25.1 Å². The van der Waals surface area contributed by atoms with Crippen molar-refractivity contribution in [1.82, 2.24) is 0 Å². The number of rotatable bonds is 7. The van der Waals surface area contributed by atoms with Gasteiger partial charge in [0.2, 0.25) is 0 Å². The van der Waals surface area contributed by atoms with E-state index < -0.39 is 6.10 Å². The fourth-order valence-electron chi connectivity index (χ4n) is 1.49. The highest BCUT2D eigenvalue weighted by Gasteiger charge is 2.11. The lowest BCUT2D eigenvalue weighted by Gasteiger charge is -2.16. The van der Waals surface area contributed by atoms with Gasteiger partial charge in [0.25, 0.3) is 0 Å². The highest BCUT2D eigenvalue weighted by atomic mass is 19.1. The predicted molar refractivity (Wildman–Crippen MR) is 67.0 cm³/mol. The maximum absolute atomic E-state index is 13.1. The molecule has 3 N–H and O–H groups in total. The molecule has 0 aliphatic carbocycles. The lowest BCUT2D eigenvalue weighted by atomic mass is 10.1. The summed E-state index contributed by atoms with van der Waals surface area (Å²) in [6.07, 6.45) is -0.712. The summed E-state index contributed by atoms with van der Waals surface area (Å²) in [6.45, 7) is 4.44. The summed E-state index contributed by atoms with van der Waals surface area (Å²) in [5.41, 5.74) is 6.32. The number of hydrogen-bond acceptors (Lipinski definition) is 4. The first-order valence-electron chi connectivity index (χ1n) is 5.98. The second-order valence-electron chi connectivity index (χ2n) is 4.10. The maximum atomic E-state index is 13.1. The molecule has 0 fully saturated rings. The molecule has 0 spiro atoms. The predicted octanol–water partition coefficient (Wildman–Crippen LogP) is 1.62. The quantitative estimate of drug-likeness (QED) is 0.779. The molecule has 0 saturated heterocycles. The second-order valence-corrected chi connectivity index (χ2v) is 4.10. The molecule has 1 aromatic rings. The van der Waals surface area contributed by atoms with Crippen LogP contribution in [-0.2, 0) is 4.74 Å². The zero-order valence-electron chi connectivity index (χ0n) is 10.7. The van der Waals surface area contributed by atoms with E-state index in [0.29, 0.717) is 17.9 Å². The highest BCUT2D eigenvalue weighted by Crippen LogP contribution is 2.24. The second kappa shape index (κ2) is 7.31. The zero-order chi connectivity index (χ0) is 13.5. The number of aliphatic hydroxyl groups excluding tert-OH is 1. The number of ether oxygens (including phenoxy) is 2. The maximum Gasteiger partial charge on any atom is 0.124 e. The molecule has 0 radical (unpaired) electrons. The van der Waals surface area contributed by atoms with Crippen molar-refractivity contribution in [3.63, 3.8) is 0 Å². The molecule has 4 nitrogen and oxygen atoms in total. The van der Waals surface area contributed by atoms with Crippen LogP contribution in [0.2, 0.25) is 0 Å². The molecule has 5 heteroatoms. The molecular formula is C13H20FNO3. The molecule has 2 atom stereocenters. The molecule has 102 valence electrons. The van der Waals surface area contributed by atoms with Crippen molar-refractivity contribution >= 4 is 0 Å². The summed E-state index contributed by atoms with van der Waals surface area (Å²) >= 11 is 0. The third kappa shape index (κ3) is 4.60. The number of hydrogen-bond donors (Lipinski definition) is 2. The zero-order valence-corrected chi connectivity index (χ0v) is 10.7. The van der Waals surface area contributed by atoms with Crippen molar-refractivity contribution in [1.29, 1.82) is 0 Å². The summed E-state index contributed by atoms with van der Waals surface area (Å²) in [6, 6.07) is 3.83. The molecule has 0 heterocycles. The van der Waals surface area contributed by atoms with Crippen LogP contribution in [0.1, 0.15) is 25.5 Å². The van der Waals surface area contributed by atoms with Crippen LogP contribution in [-0.4, -0.2) is 31.0 Å². The normalized spacial score (nSPS) is 14.3. The molecule has 0 aliphatic heterocycles. The average molecular weight is 257 g/mol. The lowest BCUT2D eigenvalue weighted by Crippen LogP contribution is -2.24. The minimum absolute atomic E-state index is 0.0886. The molecule has 1 aromatic carbocycles. The Morgan fingerprint density at radius 2 is 2.11 bits per heavy atom. The van der Waals surface area contributed by atoms with Gasteiger partial charge in [-0.2, -0.15) is 0 Å². The molecule has 18 heavy (non-hydrogen) atoms. The summed E-state index contributed by atoms with van der Waals surface area (Å²) < 4.78 is 23.6. The van der Waals surface area contributed by atoms with Crippen LogP contribution >= 0.6 is 0 Å². The van der Waals surface area contributed by atoms with Crippen LogP contribution < -0.4 is 10.5 Å². The molecule has 1 unspecified atom stereocenters. The third-order valence-electron chi connectivity index (χ3n) is 2.41. The topological polar surface area (TPSA) is 64.7 Å². The van der Waals surface area contributed by atoms with Gasteiger partial charge in [-0.1, -0.05) is 0 Å². The van der Waals surface area contributed by atoms with Gasteiger partial charge in [0.1, 0.15) is 24.3 Å². The average Bonchev–Trinajstić information content (AvgIpc) is 2.34. The summed E-state index contributed by atoms with van der Waals surface area (Å²) in [5, 5.41) is 9.57. The van der Waals surface area contributed by atoms with E-state index in [1.54, 1.807) is 6.92 Å². The summed E-state index contributed by atoms with van der Waals surface area (Å²) in [4.78, 5) is 0. The van der Waals surface area contributed by atoms with Gasteiger partial charge >= 0.3 is 0 Å². The van der Waals surface area contributed by atoms with Crippen LogP contribution in [0, 0.1) is 5.82 Å². The Morgan fingerprint density at radius 1 is 1.39 bits per heavy atom. The molecule has 0 bridgehead atoms. The monoisotopic (exact) mass is 257 g/mol. The largest absolute Gasteiger partial charge is 0.490 e. The van der Waals surface area contributed by atoms with Crippen molar-refractivity contribution in [2.75, 3.05) is 19.8 Å². The van der Waals surface area contributed by atoms with Gasteiger partial charge in [0.15, 0.2) is 0 Å². The Balaban J connectivity index is 2.61. The smallest absolute Gasteiger partial charge is 0.124 e. The lowest BCUT2D eigenvalue weighted by molar-refractivity contribution is 0.0162. The van der Waals surface area contributed by atoms with E-state index in [0.717, 1.165) is 0 Å². The van der Waals surface area contributed by atoms with Gasteiger partial charge in [0, 0.05) is 18.2 Å². The van der Waals surface area contributed by atoms with Gasteiger partial charge in [-0.25, -0.2) is 4.39 Å². The van der Waals surface area contributed by atoms with Gasteiger partial charge in [-0.05, 0) is 32.0 Å². The standard InChI is InChI=1S/C13H20FNO3/c1-3-17-7-11(16)8-18-13-5-4-10(14)6-12(13)9(2)15/h4-6,9,11,16H,3,7-8,15H2,1-2H3/t9-,11?/m0/s1. The Labute approximate surface area is 107 Å². The van der Waals surface area contributed by atoms with E-state index in [1.807, 2.05) is 6.92 Å². The molecule has 1 rings (SSSR count). The molecular weight excluding hydrogens is 237 g/mol. The van der Waals surface area contributed by atoms with Crippen LogP contribution in [0.15, 0.2) is 18.2 Å². The molecule has 0 amide bonds. The minimum Gasteiger partial charge on any atom is -0.490 e. The van der Waals surface area contributed by atoms with E-state index in [2.05, 4.69) is 0 Å². The number of halogens is 1. The van der Waals surface area contributed by atoms with E-state index in [1.165, 1.54) is 18.2 Å². The van der Waals surface area contributed by atoms with Crippen LogP contribution in [0.25, 0.3) is 0 Å². The van der Waals surface area contributed by atoms with Gasteiger partial charge < -0.3 is 20.3 Å². The van der Waals surface area contributed by atoms with Gasteiger partial charge in [-0.3, -0.25) is 0 Å². The van der Waals surface area contributed by atoms with E-state index in [4.69, 9.17) is 15.2 Å². The number of benzene rings is 1. The first-order valence-corrected chi connectivity index (χ1v) is 5.98. The Morgan fingerprint density at radius 3 is 2.72 bits per heavy atom.